The van der Waals surface area contributed by atoms with Gasteiger partial charge in [-0.1, -0.05) is 45.8 Å². The van der Waals surface area contributed by atoms with Gasteiger partial charge in [0.15, 0.2) is 0 Å². The van der Waals surface area contributed by atoms with Crippen LogP contribution in [0.2, 0.25) is 0 Å². The fourth-order valence-electron chi connectivity index (χ4n) is 2.25. The summed E-state index contributed by atoms with van der Waals surface area (Å²) < 4.78 is 14.7. The fourth-order valence-corrected chi connectivity index (χ4v) is 2.88. The maximum atomic E-state index is 13.8. The van der Waals surface area contributed by atoms with Gasteiger partial charge in [-0.25, -0.2) is 4.39 Å². The van der Waals surface area contributed by atoms with Crippen molar-refractivity contribution in [2.45, 2.75) is 19.8 Å². The van der Waals surface area contributed by atoms with Gasteiger partial charge in [0.05, 0.1) is 0 Å². The zero-order valence-electron chi connectivity index (χ0n) is 11.4. The Labute approximate surface area is 133 Å². The zero-order valence-corrected chi connectivity index (χ0v) is 13.7. The molecule has 0 saturated carbocycles. The molecular formula is C17H17BrClF. The molecule has 0 heterocycles. The number of halogens is 3. The molecule has 2 aromatic rings. The number of hydrogen-bond acceptors (Lipinski definition) is 0. The van der Waals surface area contributed by atoms with Crippen LogP contribution in [-0.2, 0) is 12.8 Å². The van der Waals surface area contributed by atoms with Gasteiger partial charge in [0.25, 0.3) is 0 Å². The summed E-state index contributed by atoms with van der Waals surface area (Å²) in [6, 6.07) is 13.5. The molecule has 0 radical (unpaired) electrons. The van der Waals surface area contributed by atoms with Gasteiger partial charge in [0.1, 0.15) is 5.82 Å². The Kier molecular flexibility index (Phi) is 5.62. The number of benzene rings is 2. The van der Waals surface area contributed by atoms with Gasteiger partial charge in [-0.2, -0.15) is 0 Å². The summed E-state index contributed by atoms with van der Waals surface area (Å²) in [5, 5.41) is 0. The molecule has 0 aliphatic carbocycles. The summed E-state index contributed by atoms with van der Waals surface area (Å²) in [6.45, 7) is 2.07. The van der Waals surface area contributed by atoms with Crippen LogP contribution < -0.4 is 0 Å². The third-order valence-corrected chi connectivity index (χ3v) is 4.31. The summed E-state index contributed by atoms with van der Waals surface area (Å²) in [7, 11) is 0. The molecule has 0 amide bonds. The molecule has 1 atom stereocenters. The van der Waals surface area contributed by atoms with Crippen molar-refractivity contribution in [2.24, 2.45) is 5.92 Å². The maximum absolute atomic E-state index is 13.8. The van der Waals surface area contributed by atoms with E-state index < -0.39 is 0 Å². The van der Waals surface area contributed by atoms with Crippen molar-refractivity contribution < 1.29 is 4.39 Å². The first-order valence-corrected chi connectivity index (χ1v) is 7.96. The molecule has 0 bridgehead atoms. The summed E-state index contributed by atoms with van der Waals surface area (Å²) in [5.41, 5.74) is 3.21. The normalized spacial score (nSPS) is 12.4. The van der Waals surface area contributed by atoms with Gasteiger partial charge in [0, 0.05) is 10.4 Å². The van der Waals surface area contributed by atoms with Gasteiger partial charge >= 0.3 is 0 Å². The smallest absolute Gasteiger partial charge is 0.126 e. The molecule has 0 fully saturated rings. The van der Waals surface area contributed by atoms with Crippen LogP contribution in [0, 0.1) is 18.7 Å². The van der Waals surface area contributed by atoms with Crippen LogP contribution in [0.1, 0.15) is 16.7 Å². The van der Waals surface area contributed by atoms with Gasteiger partial charge in [0.2, 0.25) is 0 Å². The van der Waals surface area contributed by atoms with Gasteiger partial charge in [-0.05, 0) is 55.0 Å². The highest BCUT2D eigenvalue weighted by molar-refractivity contribution is 9.10. The number of aryl methyl sites for hydroxylation is 1. The Morgan fingerprint density at radius 1 is 1.10 bits per heavy atom. The second-order valence-electron chi connectivity index (χ2n) is 5.15. The summed E-state index contributed by atoms with van der Waals surface area (Å²) in [6.07, 6.45) is 1.53. The molecule has 0 aliphatic heterocycles. The molecule has 3 heteroatoms. The molecule has 20 heavy (non-hydrogen) atoms. The van der Waals surface area contributed by atoms with Crippen LogP contribution in [0.5, 0.6) is 0 Å². The van der Waals surface area contributed by atoms with Crippen molar-refractivity contribution in [3.8, 4) is 0 Å². The van der Waals surface area contributed by atoms with Gasteiger partial charge in [-0.15, -0.1) is 11.6 Å². The lowest BCUT2D eigenvalue weighted by atomic mass is 9.93. The molecule has 0 saturated heterocycles. The minimum absolute atomic E-state index is 0.160. The van der Waals surface area contributed by atoms with E-state index in [1.54, 1.807) is 6.07 Å². The van der Waals surface area contributed by atoms with Crippen LogP contribution in [-0.4, -0.2) is 5.88 Å². The average Bonchev–Trinajstić information content (AvgIpc) is 2.44. The molecule has 0 aromatic heterocycles. The Morgan fingerprint density at radius 3 is 2.45 bits per heavy atom. The lowest BCUT2D eigenvalue weighted by molar-refractivity contribution is 0.546. The molecule has 2 aromatic carbocycles. The predicted octanol–water partition coefficient (Wildman–Crippen LogP) is 5.54. The Morgan fingerprint density at radius 2 is 1.80 bits per heavy atom. The van der Waals surface area contributed by atoms with E-state index >= 15 is 0 Å². The van der Waals surface area contributed by atoms with Crippen molar-refractivity contribution in [1.82, 2.24) is 0 Å². The highest BCUT2D eigenvalue weighted by Crippen LogP contribution is 2.21. The largest absolute Gasteiger partial charge is 0.207 e. The average molecular weight is 356 g/mol. The number of rotatable bonds is 5. The highest BCUT2D eigenvalue weighted by atomic mass is 79.9. The monoisotopic (exact) mass is 354 g/mol. The Balaban J connectivity index is 2.08. The number of hydrogen-bond donors (Lipinski definition) is 0. The van der Waals surface area contributed by atoms with E-state index in [1.807, 2.05) is 6.07 Å². The third kappa shape index (κ3) is 4.32. The predicted molar refractivity (Wildman–Crippen MR) is 86.9 cm³/mol. The van der Waals surface area contributed by atoms with Crippen LogP contribution in [0.25, 0.3) is 0 Å². The van der Waals surface area contributed by atoms with Crippen molar-refractivity contribution in [3.05, 3.63) is 69.4 Å². The van der Waals surface area contributed by atoms with Crippen molar-refractivity contribution in [1.29, 1.82) is 0 Å². The molecule has 0 N–H and O–H groups in total. The van der Waals surface area contributed by atoms with Crippen molar-refractivity contribution >= 4 is 27.5 Å². The van der Waals surface area contributed by atoms with E-state index in [1.165, 1.54) is 17.2 Å². The number of alkyl halides is 1. The molecule has 106 valence electrons. The van der Waals surface area contributed by atoms with E-state index in [0.717, 1.165) is 16.5 Å². The lowest BCUT2D eigenvalue weighted by Crippen LogP contribution is -2.11. The van der Waals surface area contributed by atoms with E-state index in [-0.39, 0.29) is 11.7 Å². The summed E-state index contributed by atoms with van der Waals surface area (Å²) in [5.74, 6) is 0.607. The second-order valence-corrected chi connectivity index (χ2v) is 6.37. The molecule has 2 rings (SSSR count). The van der Waals surface area contributed by atoms with Crippen LogP contribution in [0.15, 0.2) is 46.9 Å². The van der Waals surface area contributed by atoms with E-state index in [0.29, 0.717) is 12.3 Å². The fraction of sp³-hybridized carbons (Fsp3) is 0.294. The van der Waals surface area contributed by atoms with Crippen LogP contribution in [0.3, 0.4) is 0 Å². The lowest BCUT2D eigenvalue weighted by Gasteiger charge is -2.15. The Hall–Kier alpha value is -0.860. The maximum Gasteiger partial charge on any atom is 0.126 e. The first kappa shape index (κ1) is 15.5. The molecule has 0 nitrogen and oxygen atoms in total. The van der Waals surface area contributed by atoms with Crippen LogP contribution in [0.4, 0.5) is 4.39 Å². The van der Waals surface area contributed by atoms with Crippen molar-refractivity contribution in [3.63, 3.8) is 0 Å². The highest BCUT2D eigenvalue weighted by Gasteiger charge is 2.13. The topological polar surface area (TPSA) is 0 Å². The second kappa shape index (κ2) is 7.24. The van der Waals surface area contributed by atoms with Crippen molar-refractivity contribution in [2.75, 3.05) is 5.88 Å². The molecule has 0 spiro atoms. The third-order valence-electron chi connectivity index (χ3n) is 3.38. The minimum atomic E-state index is -0.160. The van der Waals surface area contributed by atoms with Gasteiger partial charge < -0.3 is 0 Å². The summed E-state index contributed by atoms with van der Waals surface area (Å²) in [4.78, 5) is 0. The first-order chi connectivity index (χ1) is 9.58. The molecule has 0 aliphatic rings. The first-order valence-electron chi connectivity index (χ1n) is 6.64. The minimum Gasteiger partial charge on any atom is -0.207 e. The van der Waals surface area contributed by atoms with E-state index in [9.17, 15) is 4.39 Å². The summed E-state index contributed by atoms with van der Waals surface area (Å²) >= 11 is 9.44. The quantitative estimate of drug-likeness (QED) is 0.618. The zero-order chi connectivity index (χ0) is 14.5. The molecular weight excluding hydrogens is 339 g/mol. The molecule has 1 unspecified atom stereocenters. The van der Waals surface area contributed by atoms with E-state index in [4.69, 9.17) is 11.6 Å². The SMILES string of the molecule is Cc1ccc(CC(CCl)Cc2cc(Br)ccc2F)cc1. The van der Waals surface area contributed by atoms with Gasteiger partial charge in [-0.3, -0.25) is 0 Å². The standard InChI is InChI=1S/C17H17BrClF/c1-12-2-4-13(5-3-12)8-14(11-19)9-15-10-16(18)6-7-17(15)20/h2-7,10,14H,8-9,11H2,1H3. The van der Waals surface area contributed by atoms with Crippen LogP contribution >= 0.6 is 27.5 Å². The van der Waals surface area contributed by atoms with E-state index in [2.05, 4.69) is 47.1 Å². The Bertz CT molecular complexity index is 566.